The number of fused-ring (bicyclic) bond motifs is 1. The number of rotatable bonds is 6. The predicted molar refractivity (Wildman–Crippen MR) is 97.8 cm³/mol. The first-order chi connectivity index (χ1) is 12.2. The largest absolute Gasteiger partial charge is 0.487 e. The maximum atomic E-state index is 12.4. The van der Waals surface area contributed by atoms with Crippen LogP contribution in [0.2, 0.25) is 0 Å². The van der Waals surface area contributed by atoms with Gasteiger partial charge in [0.15, 0.2) is 6.61 Å². The highest BCUT2D eigenvalue weighted by atomic mass is 16.5. The van der Waals surface area contributed by atoms with Gasteiger partial charge in [-0.05, 0) is 31.0 Å². The molecule has 0 saturated heterocycles. The van der Waals surface area contributed by atoms with Crippen LogP contribution >= 0.6 is 0 Å². The molecule has 0 spiro atoms. The molecule has 0 saturated carbocycles. The van der Waals surface area contributed by atoms with Crippen molar-refractivity contribution in [2.45, 2.75) is 44.8 Å². The van der Waals surface area contributed by atoms with Gasteiger partial charge in [-0.1, -0.05) is 50.2 Å². The SMILES string of the molecule is CCC1(CC)CC(NC(=O)COc2ccccc2)c2ccccc2O1. The van der Waals surface area contributed by atoms with Gasteiger partial charge >= 0.3 is 0 Å². The van der Waals surface area contributed by atoms with E-state index >= 15 is 0 Å². The van der Waals surface area contributed by atoms with E-state index in [-0.39, 0.29) is 24.2 Å². The molecule has 1 amide bonds. The lowest BCUT2D eigenvalue weighted by molar-refractivity contribution is -0.124. The minimum atomic E-state index is -0.230. The van der Waals surface area contributed by atoms with Crippen molar-refractivity contribution in [2.75, 3.05) is 6.61 Å². The molecule has 1 aliphatic heterocycles. The summed E-state index contributed by atoms with van der Waals surface area (Å²) in [6, 6.07) is 17.3. The van der Waals surface area contributed by atoms with Crippen LogP contribution in [0.1, 0.15) is 44.7 Å². The third-order valence-electron chi connectivity index (χ3n) is 4.93. The number of benzene rings is 2. The van der Waals surface area contributed by atoms with E-state index in [1.54, 1.807) is 0 Å². The van der Waals surface area contributed by atoms with E-state index in [0.717, 1.165) is 30.6 Å². The molecular formula is C21H25NO3. The zero-order chi connectivity index (χ0) is 17.7. The van der Waals surface area contributed by atoms with Crippen LogP contribution in [0.25, 0.3) is 0 Å². The average Bonchev–Trinajstić information content (AvgIpc) is 2.67. The van der Waals surface area contributed by atoms with Crippen molar-refractivity contribution in [3.8, 4) is 11.5 Å². The summed E-state index contributed by atoms with van der Waals surface area (Å²) in [6.07, 6.45) is 2.59. The van der Waals surface area contributed by atoms with Gasteiger partial charge in [0.25, 0.3) is 5.91 Å². The van der Waals surface area contributed by atoms with Crippen molar-refractivity contribution in [1.82, 2.24) is 5.32 Å². The number of carbonyl (C=O) groups is 1. The molecule has 0 aliphatic carbocycles. The maximum Gasteiger partial charge on any atom is 0.258 e. The molecule has 0 radical (unpaired) electrons. The Labute approximate surface area is 149 Å². The van der Waals surface area contributed by atoms with Gasteiger partial charge in [0.2, 0.25) is 0 Å². The monoisotopic (exact) mass is 339 g/mol. The second-order valence-corrected chi connectivity index (χ2v) is 6.46. The number of hydrogen-bond acceptors (Lipinski definition) is 3. The molecule has 2 aromatic rings. The average molecular weight is 339 g/mol. The Kier molecular flexibility index (Phi) is 5.27. The van der Waals surface area contributed by atoms with E-state index in [0.29, 0.717) is 5.75 Å². The lowest BCUT2D eigenvalue weighted by Gasteiger charge is -2.41. The van der Waals surface area contributed by atoms with Crippen LogP contribution in [-0.2, 0) is 4.79 Å². The minimum Gasteiger partial charge on any atom is -0.487 e. The molecule has 132 valence electrons. The van der Waals surface area contributed by atoms with Gasteiger partial charge < -0.3 is 14.8 Å². The van der Waals surface area contributed by atoms with Gasteiger partial charge in [-0.2, -0.15) is 0 Å². The van der Waals surface area contributed by atoms with Gasteiger partial charge in [0, 0.05) is 12.0 Å². The molecular weight excluding hydrogens is 314 g/mol. The molecule has 1 aliphatic rings. The molecule has 25 heavy (non-hydrogen) atoms. The molecule has 2 aromatic carbocycles. The highest BCUT2D eigenvalue weighted by Crippen LogP contribution is 2.42. The second kappa shape index (κ2) is 7.60. The van der Waals surface area contributed by atoms with Crippen molar-refractivity contribution in [1.29, 1.82) is 0 Å². The fourth-order valence-corrected chi connectivity index (χ4v) is 3.33. The zero-order valence-electron chi connectivity index (χ0n) is 14.8. The Morgan fingerprint density at radius 3 is 2.52 bits per heavy atom. The van der Waals surface area contributed by atoms with E-state index in [1.165, 1.54) is 0 Å². The first-order valence-electron chi connectivity index (χ1n) is 8.91. The van der Waals surface area contributed by atoms with Crippen molar-refractivity contribution in [2.24, 2.45) is 0 Å². The van der Waals surface area contributed by atoms with Crippen LogP contribution in [0, 0.1) is 0 Å². The molecule has 1 heterocycles. The van der Waals surface area contributed by atoms with Crippen molar-refractivity contribution >= 4 is 5.91 Å². The van der Waals surface area contributed by atoms with Crippen LogP contribution in [0.5, 0.6) is 11.5 Å². The third-order valence-corrected chi connectivity index (χ3v) is 4.93. The Bertz CT molecular complexity index is 710. The summed E-state index contributed by atoms with van der Waals surface area (Å²) in [6.45, 7) is 4.28. The highest BCUT2D eigenvalue weighted by Gasteiger charge is 2.38. The van der Waals surface area contributed by atoms with Crippen LogP contribution in [-0.4, -0.2) is 18.1 Å². The first-order valence-corrected chi connectivity index (χ1v) is 8.91. The summed E-state index contributed by atoms with van der Waals surface area (Å²) in [7, 11) is 0. The lowest BCUT2D eigenvalue weighted by atomic mass is 9.83. The molecule has 0 aromatic heterocycles. The topological polar surface area (TPSA) is 47.6 Å². The van der Waals surface area contributed by atoms with E-state index in [1.807, 2.05) is 54.6 Å². The van der Waals surface area contributed by atoms with Crippen molar-refractivity contribution in [3.05, 3.63) is 60.2 Å². The number of amides is 1. The highest BCUT2D eigenvalue weighted by molar-refractivity contribution is 5.78. The van der Waals surface area contributed by atoms with E-state index in [2.05, 4.69) is 19.2 Å². The Morgan fingerprint density at radius 1 is 1.12 bits per heavy atom. The van der Waals surface area contributed by atoms with Crippen molar-refractivity contribution in [3.63, 3.8) is 0 Å². The summed E-state index contributed by atoms with van der Waals surface area (Å²) in [5, 5.41) is 3.12. The molecule has 4 heteroatoms. The van der Waals surface area contributed by atoms with Gasteiger partial charge in [-0.25, -0.2) is 0 Å². The van der Waals surface area contributed by atoms with Gasteiger partial charge in [-0.15, -0.1) is 0 Å². The van der Waals surface area contributed by atoms with Crippen LogP contribution in [0.3, 0.4) is 0 Å². The summed E-state index contributed by atoms with van der Waals surface area (Å²) >= 11 is 0. The van der Waals surface area contributed by atoms with Crippen LogP contribution < -0.4 is 14.8 Å². The molecule has 0 fully saturated rings. The molecule has 1 atom stereocenters. The molecule has 3 rings (SSSR count). The second-order valence-electron chi connectivity index (χ2n) is 6.46. The minimum absolute atomic E-state index is 0.00872. The molecule has 4 nitrogen and oxygen atoms in total. The zero-order valence-corrected chi connectivity index (χ0v) is 14.8. The Hall–Kier alpha value is -2.49. The summed E-state index contributed by atoms with van der Waals surface area (Å²) in [4.78, 5) is 12.4. The van der Waals surface area contributed by atoms with Gasteiger partial charge in [-0.3, -0.25) is 4.79 Å². The standard InChI is InChI=1S/C21H25NO3/c1-3-21(4-2)14-18(17-12-8-9-13-19(17)25-21)22-20(23)15-24-16-10-6-5-7-11-16/h5-13,18H,3-4,14-15H2,1-2H3,(H,22,23). The quantitative estimate of drug-likeness (QED) is 0.855. The van der Waals surface area contributed by atoms with Gasteiger partial charge in [0.05, 0.1) is 6.04 Å². The molecule has 1 N–H and O–H groups in total. The summed E-state index contributed by atoms with van der Waals surface area (Å²) in [5.74, 6) is 1.44. The predicted octanol–water partition coefficient (Wildman–Crippen LogP) is 4.26. The smallest absolute Gasteiger partial charge is 0.258 e. The first kappa shape index (κ1) is 17.3. The molecule has 1 unspecified atom stereocenters. The number of hydrogen-bond donors (Lipinski definition) is 1. The fourth-order valence-electron chi connectivity index (χ4n) is 3.33. The van der Waals surface area contributed by atoms with E-state index < -0.39 is 0 Å². The Balaban J connectivity index is 1.70. The molecule has 0 bridgehead atoms. The maximum absolute atomic E-state index is 12.4. The van der Waals surface area contributed by atoms with Crippen LogP contribution in [0.4, 0.5) is 0 Å². The number of carbonyl (C=O) groups excluding carboxylic acids is 1. The Morgan fingerprint density at radius 2 is 1.80 bits per heavy atom. The number of ether oxygens (including phenoxy) is 2. The summed E-state index contributed by atoms with van der Waals surface area (Å²) < 4.78 is 11.8. The van der Waals surface area contributed by atoms with Gasteiger partial charge in [0.1, 0.15) is 17.1 Å². The summed E-state index contributed by atoms with van der Waals surface area (Å²) in [5.41, 5.74) is 0.806. The van der Waals surface area contributed by atoms with Crippen molar-refractivity contribution < 1.29 is 14.3 Å². The fraction of sp³-hybridized carbons (Fsp3) is 0.381. The number of nitrogens with one attached hydrogen (secondary N) is 1. The lowest BCUT2D eigenvalue weighted by Crippen LogP contribution is -2.45. The number of para-hydroxylation sites is 2. The van der Waals surface area contributed by atoms with Crippen LogP contribution in [0.15, 0.2) is 54.6 Å². The third kappa shape index (κ3) is 3.95. The van der Waals surface area contributed by atoms with E-state index in [4.69, 9.17) is 9.47 Å². The normalized spacial score (nSPS) is 17.9. The van der Waals surface area contributed by atoms with E-state index in [9.17, 15) is 4.79 Å².